The first-order valence-corrected chi connectivity index (χ1v) is 8.09. The number of nitrogens with zero attached hydrogens (tertiary/aromatic N) is 2. The van der Waals surface area contributed by atoms with Crippen molar-refractivity contribution in [2.75, 3.05) is 13.1 Å². The highest BCUT2D eigenvalue weighted by molar-refractivity contribution is 5.87. The molecule has 0 saturated carbocycles. The first-order chi connectivity index (χ1) is 12.4. The summed E-state index contributed by atoms with van der Waals surface area (Å²) in [5, 5.41) is 12.1. The van der Waals surface area contributed by atoms with Crippen LogP contribution in [0.3, 0.4) is 0 Å². The fourth-order valence-electron chi connectivity index (χ4n) is 2.32. The zero-order valence-corrected chi connectivity index (χ0v) is 14.6. The molecule has 0 bridgehead atoms. The normalized spacial score (nSPS) is 11.4. The number of amides is 2. The van der Waals surface area contributed by atoms with Gasteiger partial charge in [0.2, 0.25) is 11.8 Å². The molecule has 0 fully saturated rings. The Morgan fingerprint density at radius 2 is 1.96 bits per heavy atom. The van der Waals surface area contributed by atoms with Gasteiger partial charge in [-0.15, -0.1) is 13.2 Å². The standard InChI is InChI=1S/C18H24N4O4/c1-3-9-22(10-4-2)17(24)15(5-6-16(19)23)21-12-14-11-13(18(25)26)7-8-20-14/h3-4,7-8,11,15,21H,1-2,5-6,9-10,12H2,(H2,19,23)(H,25,26). The molecule has 1 aromatic rings. The Kier molecular flexibility index (Phi) is 8.72. The highest BCUT2D eigenvalue weighted by Crippen LogP contribution is 2.07. The van der Waals surface area contributed by atoms with Gasteiger partial charge in [0.05, 0.1) is 17.3 Å². The van der Waals surface area contributed by atoms with E-state index in [2.05, 4.69) is 23.5 Å². The Morgan fingerprint density at radius 3 is 2.50 bits per heavy atom. The summed E-state index contributed by atoms with van der Waals surface area (Å²) in [5.41, 5.74) is 5.77. The number of aromatic nitrogens is 1. The summed E-state index contributed by atoms with van der Waals surface area (Å²) in [6.07, 6.45) is 4.86. The lowest BCUT2D eigenvalue weighted by Crippen LogP contribution is -2.47. The number of nitrogens with one attached hydrogen (secondary N) is 1. The molecule has 0 aliphatic rings. The van der Waals surface area contributed by atoms with Crippen LogP contribution in [0, 0.1) is 0 Å². The maximum absolute atomic E-state index is 12.7. The summed E-state index contributed by atoms with van der Waals surface area (Å²) in [6.45, 7) is 8.11. The monoisotopic (exact) mass is 360 g/mol. The van der Waals surface area contributed by atoms with Crippen molar-refractivity contribution in [1.29, 1.82) is 0 Å². The molecule has 0 radical (unpaired) electrons. The van der Waals surface area contributed by atoms with E-state index >= 15 is 0 Å². The second kappa shape index (κ2) is 10.8. The molecule has 0 spiro atoms. The second-order valence-electron chi connectivity index (χ2n) is 5.60. The number of nitrogens with two attached hydrogens (primary N) is 1. The van der Waals surface area contributed by atoms with E-state index in [0.717, 1.165) is 0 Å². The highest BCUT2D eigenvalue weighted by atomic mass is 16.4. The van der Waals surface area contributed by atoms with Crippen LogP contribution in [0.25, 0.3) is 0 Å². The van der Waals surface area contributed by atoms with Crippen molar-refractivity contribution in [3.8, 4) is 0 Å². The first-order valence-electron chi connectivity index (χ1n) is 8.09. The second-order valence-corrected chi connectivity index (χ2v) is 5.60. The fraction of sp³-hybridized carbons (Fsp3) is 0.333. The molecule has 8 nitrogen and oxygen atoms in total. The Morgan fingerprint density at radius 1 is 1.31 bits per heavy atom. The minimum Gasteiger partial charge on any atom is -0.478 e. The van der Waals surface area contributed by atoms with Crippen LogP contribution in [0.1, 0.15) is 28.9 Å². The molecule has 1 aromatic heterocycles. The van der Waals surface area contributed by atoms with Crippen molar-refractivity contribution in [2.24, 2.45) is 5.73 Å². The van der Waals surface area contributed by atoms with Crippen LogP contribution in [0.4, 0.5) is 0 Å². The van der Waals surface area contributed by atoms with E-state index in [1.165, 1.54) is 18.3 Å². The third-order valence-corrected chi connectivity index (χ3v) is 3.58. The van der Waals surface area contributed by atoms with Crippen molar-refractivity contribution in [2.45, 2.75) is 25.4 Å². The molecule has 0 aliphatic heterocycles. The van der Waals surface area contributed by atoms with Crippen LogP contribution in [0.15, 0.2) is 43.6 Å². The van der Waals surface area contributed by atoms with Crippen LogP contribution < -0.4 is 11.1 Å². The molecule has 1 unspecified atom stereocenters. The van der Waals surface area contributed by atoms with Crippen molar-refractivity contribution in [3.63, 3.8) is 0 Å². The molecule has 2 amide bonds. The number of carbonyl (C=O) groups excluding carboxylic acids is 2. The quantitative estimate of drug-likeness (QED) is 0.471. The Labute approximate surface area is 152 Å². The smallest absolute Gasteiger partial charge is 0.335 e. The topological polar surface area (TPSA) is 126 Å². The van der Waals surface area contributed by atoms with E-state index in [9.17, 15) is 14.4 Å². The summed E-state index contributed by atoms with van der Waals surface area (Å²) < 4.78 is 0. The highest BCUT2D eigenvalue weighted by Gasteiger charge is 2.23. The number of hydrogen-bond donors (Lipinski definition) is 3. The molecule has 1 rings (SSSR count). The summed E-state index contributed by atoms with van der Waals surface area (Å²) in [6, 6.07) is 2.14. The summed E-state index contributed by atoms with van der Waals surface area (Å²) in [5.74, 6) is -1.78. The first kappa shape index (κ1) is 21.0. The number of hydrogen-bond acceptors (Lipinski definition) is 5. The van der Waals surface area contributed by atoms with Crippen LogP contribution in [-0.4, -0.2) is 51.9 Å². The largest absolute Gasteiger partial charge is 0.478 e. The number of pyridine rings is 1. The lowest BCUT2D eigenvalue weighted by molar-refractivity contribution is -0.132. The number of aromatic carboxylic acids is 1. The summed E-state index contributed by atoms with van der Waals surface area (Å²) in [4.78, 5) is 40.5. The maximum Gasteiger partial charge on any atom is 0.335 e. The molecule has 140 valence electrons. The fourth-order valence-corrected chi connectivity index (χ4v) is 2.32. The summed E-state index contributed by atoms with van der Waals surface area (Å²) >= 11 is 0. The Balaban J connectivity index is 2.88. The average Bonchev–Trinajstić information content (AvgIpc) is 2.61. The molecule has 8 heteroatoms. The van der Waals surface area contributed by atoms with Crippen molar-refractivity contribution in [1.82, 2.24) is 15.2 Å². The predicted molar refractivity (Wildman–Crippen MR) is 97.2 cm³/mol. The number of carbonyl (C=O) groups is 3. The van der Waals surface area contributed by atoms with Crippen molar-refractivity contribution < 1.29 is 19.5 Å². The van der Waals surface area contributed by atoms with Gasteiger partial charge in [-0.3, -0.25) is 14.6 Å². The van der Waals surface area contributed by atoms with Crippen LogP contribution in [-0.2, 0) is 16.1 Å². The summed E-state index contributed by atoms with van der Waals surface area (Å²) in [7, 11) is 0. The Bertz CT molecular complexity index is 665. The third-order valence-electron chi connectivity index (χ3n) is 3.58. The third kappa shape index (κ3) is 6.86. The molecule has 26 heavy (non-hydrogen) atoms. The number of carboxylic acid groups (broad SMARTS) is 1. The van der Waals surface area contributed by atoms with Crippen LogP contribution in [0.2, 0.25) is 0 Å². The van der Waals surface area contributed by atoms with Crippen LogP contribution in [0.5, 0.6) is 0 Å². The Hall–Kier alpha value is -3.00. The van der Waals surface area contributed by atoms with Gasteiger partial charge in [-0.05, 0) is 18.6 Å². The molecule has 0 aliphatic carbocycles. The van der Waals surface area contributed by atoms with Gasteiger partial charge in [0.15, 0.2) is 0 Å². The van der Waals surface area contributed by atoms with E-state index in [-0.39, 0.29) is 30.9 Å². The van der Waals surface area contributed by atoms with Crippen LogP contribution >= 0.6 is 0 Å². The molecule has 1 heterocycles. The molecule has 4 N–H and O–H groups in total. The van der Waals surface area contributed by atoms with Crippen molar-refractivity contribution >= 4 is 17.8 Å². The van der Waals surface area contributed by atoms with Gasteiger partial charge in [0, 0.05) is 32.3 Å². The van der Waals surface area contributed by atoms with Crippen molar-refractivity contribution in [3.05, 3.63) is 54.9 Å². The molecule has 0 aromatic carbocycles. The lowest BCUT2D eigenvalue weighted by atomic mass is 10.1. The van der Waals surface area contributed by atoms with Gasteiger partial charge in [-0.2, -0.15) is 0 Å². The van der Waals surface area contributed by atoms with E-state index in [4.69, 9.17) is 10.8 Å². The number of carboxylic acids is 1. The number of primary amides is 1. The molecule has 1 atom stereocenters. The van der Waals surface area contributed by atoms with Gasteiger partial charge in [0.1, 0.15) is 0 Å². The minimum atomic E-state index is -1.06. The van der Waals surface area contributed by atoms with Gasteiger partial charge in [-0.25, -0.2) is 4.79 Å². The van der Waals surface area contributed by atoms with E-state index < -0.39 is 17.9 Å². The van der Waals surface area contributed by atoms with Gasteiger partial charge in [0.25, 0.3) is 0 Å². The van der Waals surface area contributed by atoms with E-state index in [1.54, 1.807) is 17.1 Å². The lowest BCUT2D eigenvalue weighted by Gasteiger charge is -2.26. The maximum atomic E-state index is 12.7. The van der Waals surface area contributed by atoms with Gasteiger partial charge < -0.3 is 21.1 Å². The van der Waals surface area contributed by atoms with Gasteiger partial charge in [-0.1, -0.05) is 12.2 Å². The predicted octanol–water partition coefficient (Wildman–Crippen LogP) is 0.704. The molecule has 0 saturated heterocycles. The van der Waals surface area contributed by atoms with Gasteiger partial charge >= 0.3 is 5.97 Å². The zero-order chi connectivity index (χ0) is 19.5. The molecular weight excluding hydrogens is 336 g/mol. The SMILES string of the molecule is C=CCN(CC=C)C(=O)C(CCC(N)=O)NCc1cc(C(=O)O)ccn1. The van der Waals surface area contributed by atoms with E-state index in [1.807, 2.05) is 0 Å². The average molecular weight is 360 g/mol. The number of rotatable bonds is 12. The zero-order valence-electron chi connectivity index (χ0n) is 14.6. The minimum absolute atomic E-state index is 0.0437. The van der Waals surface area contributed by atoms with E-state index in [0.29, 0.717) is 18.8 Å². The molecular formula is C18H24N4O4.